The van der Waals surface area contributed by atoms with Crippen molar-refractivity contribution in [3.05, 3.63) is 83.1 Å². The fourth-order valence-corrected chi connectivity index (χ4v) is 2.83. The van der Waals surface area contributed by atoms with Crippen molar-refractivity contribution in [3.8, 4) is 17.2 Å². The van der Waals surface area contributed by atoms with Gasteiger partial charge in [0.25, 0.3) is 0 Å². The van der Waals surface area contributed by atoms with Crippen molar-refractivity contribution in [1.82, 2.24) is 4.98 Å². The lowest BCUT2D eigenvalue weighted by atomic mass is 10.1. The molecule has 0 radical (unpaired) electrons. The predicted molar refractivity (Wildman–Crippen MR) is 101 cm³/mol. The summed E-state index contributed by atoms with van der Waals surface area (Å²) in [5.41, 5.74) is 1.71. The molecular weight excluding hydrogens is 350 g/mol. The van der Waals surface area contributed by atoms with Crippen LogP contribution in [0.3, 0.4) is 0 Å². The van der Waals surface area contributed by atoms with Gasteiger partial charge in [-0.1, -0.05) is 29.8 Å². The number of benzene rings is 2. The Bertz CT molecular complexity index is 1100. The minimum absolute atomic E-state index is 0.426. The minimum atomic E-state index is -0.463. The van der Waals surface area contributed by atoms with Crippen LogP contribution >= 0.6 is 11.6 Å². The zero-order chi connectivity index (χ0) is 18.1. The van der Waals surface area contributed by atoms with Crippen LogP contribution in [0, 0.1) is 6.92 Å². The number of para-hydroxylation sites is 1. The molecule has 2 heterocycles. The molecule has 0 amide bonds. The standard InChI is InChI=1S/C21H14ClNO3/c1-13-6-11-20(25-13)19-12-17(16-4-2-3-5-18(16)23-19)21(24)26-15-9-7-14(22)8-10-15/h2-12H,1H3. The second kappa shape index (κ2) is 6.65. The minimum Gasteiger partial charge on any atom is -0.460 e. The van der Waals surface area contributed by atoms with Gasteiger partial charge in [0.15, 0.2) is 5.76 Å². The SMILES string of the molecule is Cc1ccc(-c2cc(C(=O)Oc3ccc(Cl)cc3)c3ccccc3n2)o1. The number of rotatable bonds is 3. The van der Waals surface area contributed by atoms with Crippen LogP contribution < -0.4 is 4.74 Å². The third kappa shape index (κ3) is 3.19. The van der Waals surface area contributed by atoms with Crippen molar-refractivity contribution in [1.29, 1.82) is 0 Å². The number of carbonyl (C=O) groups excluding carboxylic acids is 1. The first kappa shape index (κ1) is 16.4. The molecule has 0 saturated carbocycles. The number of esters is 1. The highest BCUT2D eigenvalue weighted by atomic mass is 35.5. The van der Waals surface area contributed by atoms with Gasteiger partial charge in [0.2, 0.25) is 0 Å². The number of fused-ring (bicyclic) bond motifs is 1. The summed E-state index contributed by atoms with van der Waals surface area (Å²) in [6.07, 6.45) is 0. The van der Waals surface area contributed by atoms with Crippen LogP contribution in [0.2, 0.25) is 5.02 Å². The molecule has 0 aliphatic heterocycles. The Morgan fingerprint density at radius 2 is 1.81 bits per heavy atom. The molecule has 26 heavy (non-hydrogen) atoms. The Labute approximate surface area is 155 Å². The van der Waals surface area contributed by atoms with Gasteiger partial charge in [-0.3, -0.25) is 0 Å². The number of hydrogen-bond acceptors (Lipinski definition) is 4. The van der Waals surface area contributed by atoms with Gasteiger partial charge in [-0.25, -0.2) is 9.78 Å². The molecular formula is C21H14ClNO3. The molecule has 0 aliphatic carbocycles. The van der Waals surface area contributed by atoms with E-state index in [2.05, 4.69) is 4.98 Å². The summed E-state index contributed by atoms with van der Waals surface area (Å²) >= 11 is 5.87. The molecule has 2 aromatic heterocycles. The van der Waals surface area contributed by atoms with Gasteiger partial charge in [0.05, 0.1) is 11.1 Å². The van der Waals surface area contributed by atoms with Crippen molar-refractivity contribution in [2.45, 2.75) is 6.92 Å². The van der Waals surface area contributed by atoms with Gasteiger partial charge in [-0.15, -0.1) is 0 Å². The van der Waals surface area contributed by atoms with E-state index in [-0.39, 0.29) is 0 Å². The van der Waals surface area contributed by atoms with Crippen LogP contribution in [0.25, 0.3) is 22.4 Å². The van der Waals surface area contributed by atoms with Crippen molar-refractivity contribution in [2.75, 3.05) is 0 Å². The number of hydrogen-bond donors (Lipinski definition) is 0. The molecule has 0 bridgehead atoms. The molecule has 2 aromatic carbocycles. The quantitative estimate of drug-likeness (QED) is 0.347. The van der Waals surface area contributed by atoms with E-state index in [1.54, 1.807) is 30.3 Å². The lowest BCUT2D eigenvalue weighted by molar-refractivity contribution is 0.0737. The monoisotopic (exact) mass is 363 g/mol. The molecule has 4 nitrogen and oxygen atoms in total. The Balaban J connectivity index is 1.79. The van der Waals surface area contributed by atoms with E-state index in [1.807, 2.05) is 43.3 Å². The van der Waals surface area contributed by atoms with Crippen molar-refractivity contribution in [2.24, 2.45) is 0 Å². The van der Waals surface area contributed by atoms with Crippen LogP contribution in [0.5, 0.6) is 5.75 Å². The summed E-state index contributed by atoms with van der Waals surface area (Å²) < 4.78 is 11.2. The predicted octanol–water partition coefficient (Wildman–Crippen LogP) is 5.68. The Hall–Kier alpha value is -3.11. The van der Waals surface area contributed by atoms with E-state index in [9.17, 15) is 4.79 Å². The molecule has 0 fully saturated rings. The van der Waals surface area contributed by atoms with Crippen molar-refractivity contribution >= 4 is 28.5 Å². The van der Waals surface area contributed by atoms with Crippen molar-refractivity contribution < 1.29 is 13.9 Å². The van der Waals surface area contributed by atoms with E-state index in [1.165, 1.54) is 0 Å². The maximum absolute atomic E-state index is 12.8. The van der Waals surface area contributed by atoms with Gasteiger partial charge < -0.3 is 9.15 Å². The van der Waals surface area contributed by atoms with Crippen LogP contribution in [0.15, 0.2) is 71.1 Å². The van der Waals surface area contributed by atoms with E-state index >= 15 is 0 Å². The molecule has 5 heteroatoms. The molecule has 0 aliphatic rings. The number of pyridine rings is 1. The number of carbonyl (C=O) groups is 1. The third-order valence-corrected chi connectivity index (χ3v) is 4.21. The first-order chi connectivity index (χ1) is 12.6. The third-order valence-electron chi connectivity index (χ3n) is 3.95. The fourth-order valence-electron chi connectivity index (χ4n) is 2.71. The average Bonchev–Trinajstić information content (AvgIpc) is 3.09. The van der Waals surface area contributed by atoms with Crippen LogP contribution in [-0.4, -0.2) is 11.0 Å². The Morgan fingerprint density at radius 3 is 2.54 bits per heavy atom. The highest BCUT2D eigenvalue weighted by molar-refractivity contribution is 6.30. The summed E-state index contributed by atoms with van der Waals surface area (Å²) in [5.74, 6) is 1.35. The van der Waals surface area contributed by atoms with Gasteiger partial charge in [0, 0.05) is 10.4 Å². The number of aromatic nitrogens is 1. The second-order valence-electron chi connectivity index (χ2n) is 5.83. The number of furan rings is 1. The van der Waals surface area contributed by atoms with Crippen LogP contribution in [-0.2, 0) is 0 Å². The molecule has 0 unspecified atom stereocenters. The second-order valence-corrected chi connectivity index (χ2v) is 6.26. The maximum Gasteiger partial charge on any atom is 0.344 e. The number of aryl methyl sites for hydroxylation is 1. The zero-order valence-corrected chi connectivity index (χ0v) is 14.7. The maximum atomic E-state index is 12.8. The van der Waals surface area contributed by atoms with Gasteiger partial charge in [-0.05, 0) is 55.5 Å². The van der Waals surface area contributed by atoms with Crippen LogP contribution in [0.4, 0.5) is 0 Å². The summed E-state index contributed by atoms with van der Waals surface area (Å²) in [7, 11) is 0. The van der Waals surface area contributed by atoms with Gasteiger partial charge in [0.1, 0.15) is 17.2 Å². The van der Waals surface area contributed by atoms with E-state index < -0.39 is 5.97 Å². The molecule has 4 aromatic rings. The lowest BCUT2D eigenvalue weighted by Crippen LogP contribution is -2.10. The summed E-state index contributed by atoms with van der Waals surface area (Å²) in [4.78, 5) is 17.4. The number of halogens is 1. The largest absolute Gasteiger partial charge is 0.460 e. The molecule has 4 rings (SSSR count). The highest BCUT2D eigenvalue weighted by Crippen LogP contribution is 2.27. The molecule has 0 spiro atoms. The first-order valence-corrected chi connectivity index (χ1v) is 8.42. The highest BCUT2D eigenvalue weighted by Gasteiger charge is 2.17. The normalized spacial score (nSPS) is 10.8. The summed E-state index contributed by atoms with van der Waals surface area (Å²) in [6.45, 7) is 1.86. The molecule has 128 valence electrons. The summed E-state index contributed by atoms with van der Waals surface area (Å²) in [6, 6.07) is 19.5. The average molecular weight is 364 g/mol. The summed E-state index contributed by atoms with van der Waals surface area (Å²) in [5, 5.41) is 1.30. The first-order valence-electron chi connectivity index (χ1n) is 8.04. The smallest absolute Gasteiger partial charge is 0.344 e. The van der Waals surface area contributed by atoms with E-state index in [0.29, 0.717) is 33.3 Å². The fraction of sp³-hybridized carbons (Fsp3) is 0.0476. The van der Waals surface area contributed by atoms with Crippen molar-refractivity contribution in [3.63, 3.8) is 0 Å². The molecule has 0 saturated heterocycles. The van der Waals surface area contributed by atoms with Gasteiger partial charge in [-0.2, -0.15) is 0 Å². The Morgan fingerprint density at radius 1 is 1.04 bits per heavy atom. The Kier molecular flexibility index (Phi) is 4.19. The topological polar surface area (TPSA) is 52.3 Å². The van der Waals surface area contributed by atoms with Gasteiger partial charge >= 0.3 is 5.97 Å². The molecule has 0 atom stereocenters. The lowest BCUT2D eigenvalue weighted by Gasteiger charge is -2.09. The van der Waals surface area contributed by atoms with E-state index in [4.69, 9.17) is 20.8 Å². The number of nitrogens with zero attached hydrogens (tertiary/aromatic N) is 1. The molecule has 0 N–H and O–H groups in total. The number of ether oxygens (including phenoxy) is 1. The van der Waals surface area contributed by atoms with E-state index in [0.717, 1.165) is 11.1 Å². The van der Waals surface area contributed by atoms with Crippen LogP contribution in [0.1, 0.15) is 16.1 Å². The zero-order valence-electron chi connectivity index (χ0n) is 13.9.